The van der Waals surface area contributed by atoms with Crippen molar-refractivity contribution in [3.05, 3.63) is 95.7 Å². The van der Waals surface area contributed by atoms with E-state index in [-0.39, 0.29) is 12.4 Å². The van der Waals surface area contributed by atoms with Gasteiger partial charge in [0.15, 0.2) is 17.3 Å². The third kappa shape index (κ3) is 8.46. The molecule has 2 amide bonds. The molecule has 1 heterocycles. The molecule has 0 unspecified atom stereocenters. The van der Waals surface area contributed by atoms with Crippen molar-refractivity contribution in [1.29, 1.82) is 0 Å². The van der Waals surface area contributed by atoms with Gasteiger partial charge in [0.2, 0.25) is 0 Å². The second-order valence-electron chi connectivity index (χ2n) is 10.9. The fourth-order valence-electron chi connectivity index (χ4n) is 4.47. The molecule has 10 heteroatoms. The maximum Gasteiger partial charge on any atom is 0.412 e. The Morgan fingerprint density at radius 2 is 1.74 bits per heavy atom. The summed E-state index contributed by atoms with van der Waals surface area (Å²) in [6, 6.07) is 19.6. The molecule has 0 aliphatic heterocycles. The van der Waals surface area contributed by atoms with Crippen molar-refractivity contribution < 1.29 is 33.8 Å². The number of hydrogen-bond donors (Lipinski definition) is 4. The molecule has 0 saturated heterocycles. The van der Waals surface area contributed by atoms with Crippen molar-refractivity contribution in [2.24, 2.45) is 5.92 Å². The van der Waals surface area contributed by atoms with E-state index in [1.54, 1.807) is 68.7 Å². The Labute approximate surface area is 249 Å². The number of fused-ring (bicyclic) bond motifs is 1. The van der Waals surface area contributed by atoms with Crippen molar-refractivity contribution >= 4 is 40.4 Å². The smallest absolute Gasteiger partial charge is 0.412 e. The van der Waals surface area contributed by atoms with Crippen LogP contribution in [-0.2, 0) is 16.0 Å². The molecule has 0 fully saturated rings. The first-order valence-corrected chi connectivity index (χ1v) is 13.7. The lowest BCUT2D eigenvalue weighted by Gasteiger charge is -2.20. The number of ketones is 1. The summed E-state index contributed by atoms with van der Waals surface area (Å²) >= 11 is 0. The summed E-state index contributed by atoms with van der Waals surface area (Å²) in [6.07, 6.45) is 4.44. The van der Waals surface area contributed by atoms with Crippen molar-refractivity contribution in [2.45, 2.75) is 32.8 Å². The quantitative estimate of drug-likeness (QED) is 0.0715. The van der Waals surface area contributed by atoms with Crippen LogP contribution in [0.4, 0.5) is 10.5 Å². The van der Waals surface area contributed by atoms with Gasteiger partial charge in [-0.15, -0.1) is 0 Å². The summed E-state index contributed by atoms with van der Waals surface area (Å²) in [6.45, 7) is 5.41. The minimum Gasteiger partial charge on any atom is -0.493 e. The largest absolute Gasteiger partial charge is 0.493 e. The van der Waals surface area contributed by atoms with Gasteiger partial charge < -0.3 is 19.2 Å². The molecule has 0 bridgehead atoms. The van der Waals surface area contributed by atoms with Crippen LogP contribution in [0.2, 0.25) is 0 Å². The third-order valence-corrected chi connectivity index (χ3v) is 6.49. The molecule has 1 aromatic heterocycles. The molecule has 0 saturated carbocycles. The van der Waals surface area contributed by atoms with E-state index in [1.165, 1.54) is 19.3 Å². The molecule has 10 nitrogen and oxygen atoms in total. The van der Waals surface area contributed by atoms with Gasteiger partial charge >= 0.3 is 6.09 Å². The Hall–Kier alpha value is -5.09. The van der Waals surface area contributed by atoms with Crippen LogP contribution in [0.5, 0.6) is 11.5 Å². The summed E-state index contributed by atoms with van der Waals surface area (Å²) in [5.74, 6) is -0.488. The average Bonchev–Trinajstić information content (AvgIpc) is 3.39. The lowest BCUT2D eigenvalue weighted by molar-refractivity contribution is -0.124. The summed E-state index contributed by atoms with van der Waals surface area (Å²) in [4.78, 5) is 40.6. The van der Waals surface area contributed by atoms with Crippen LogP contribution >= 0.6 is 0 Å². The molecule has 43 heavy (non-hydrogen) atoms. The topological polar surface area (TPSA) is 139 Å². The highest BCUT2D eigenvalue weighted by molar-refractivity contribution is 5.99. The molecular weight excluding hydrogens is 550 g/mol. The summed E-state index contributed by atoms with van der Waals surface area (Å²) < 4.78 is 16.9. The van der Waals surface area contributed by atoms with Crippen LogP contribution in [-0.4, -0.2) is 47.3 Å². The Balaban J connectivity index is 1.55. The van der Waals surface area contributed by atoms with Gasteiger partial charge in [0.05, 0.1) is 19.6 Å². The number of aromatic amines is 1. The standard InChI is InChI=1S/C33H35N3O7/c1-33(2,3)43-32(39)35-25-13-11-22(12-14-25)31(38)24(18-23-19-34-27-8-6-5-7-26(23)27)20-42-28-15-9-21(17-29(28)41-4)10-16-30(37)36-40/h5-17,19,24,34,40H,18,20H2,1-4H3,(H,35,39)(H,36,37)/b16-10+/t24-/m0/s1. The number of benzene rings is 3. The number of anilines is 1. The number of para-hydroxylation sites is 1. The van der Waals surface area contributed by atoms with Crippen molar-refractivity contribution in [1.82, 2.24) is 10.5 Å². The van der Waals surface area contributed by atoms with Gasteiger partial charge in [-0.2, -0.15) is 0 Å². The Kier molecular flexibility index (Phi) is 9.84. The number of Topliss-reactive ketones (excluding diaryl/α,β-unsaturated/α-hetero) is 1. The van der Waals surface area contributed by atoms with Gasteiger partial charge in [-0.3, -0.25) is 20.1 Å². The van der Waals surface area contributed by atoms with Crippen LogP contribution < -0.4 is 20.3 Å². The van der Waals surface area contributed by atoms with E-state index in [1.807, 2.05) is 30.5 Å². The molecule has 1 atom stereocenters. The maximum atomic E-state index is 13.8. The lowest BCUT2D eigenvalue weighted by Crippen LogP contribution is -2.27. The molecule has 0 radical (unpaired) electrons. The molecule has 3 aromatic carbocycles. The third-order valence-electron chi connectivity index (χ3n) is 6.49. The number of carbonyl (C=O) groups is 3. The van der Waals surface area contributed by atoms with E-state index in [0.717, 1.165) is 16.5 Å². The highest BCUT2D eigenvalue weighted by atomic mass is 16.6. The molecule has 4 N–H and O–H groups in total. The van der Waals surface area contributed by atoms with Gasteiger partial charge in [-0.05, 0) is 86.9 Å². The van der Waals surface area contributed by atoms with Gasteiger partial charge in [0.25, 0.3) is 5.91 Å². The monoisotopic (exact) mass is 585 g/mol. The van der Waals surface area contributed by atoms with E-state index in [2.05, 4.69) is 10.3 Å². The first-order valence-electron chi connectivity index (χ1n) is 13.7. The fraction of sp³-hybridized carbons (Fsp3) is 0.242. The Morgan fingerprint density at radius 1 is 1.00 bits per heavy atom. The van der Waals surface area contributed by atoms with Crippen LogP contribution in [0.25, 0.3) is 17.0 Å². The Morgan fingerprint density at radius 3 is 2.44 bits per heavy atom. The predicted octanol–water partition coefficient (Wildman–Crippen LogP) is 6.16. The molecule has 4 rings (SSSR count). The van der Waals surface area contributed by atoms with Gasteiger partial charge in [-0.25, -0.2) is 10.3 Å². The lowest BCUT2D eigenvalue weighted by atomic mass is 9.91. The van der Waals surface area contributed by atoms with Crippen LogP contribution in [0, 0.1) is 5.92 Å². The van der Waals surface area contributed by atoms with Crippen molar-refractivity contribution in [2.75, 3.05) is 19.0 Å². The van der Waals surface area contributed by atoms with Crippen LogP contribution in [0.15, 0.2) is 79.0 Å². The second kappa shape index (κ2) is 13.7. The number of H-pyrrole nitrogens is 1. The van der Waals surface area contributed by atoms with E-state index < -0.39 is 23.5 Å². The van der Waals surface area contributed by atoms with E-state index in [4.69, 9.17) is 19.4 Å². The predicted molar refractivity (Wildman–Crippen MR) is 164 cm³/mol. The molecule has 0 spiro atoms. The zero-order valence-electron chi connectivity index (χ0n) is 24.5. The molecule has 4 aromatic rings. The zero-order chi connectivity index (χ0) is 31.0. The van der Waals surface area contributed by atoms with Gasteiger partial charge in [0.1, 0.15) is 5.60 Å². The van der Waals surface area contributed by atoms with Crippen LogP contribution in [0.1, 0.15) is 42.3 Å². The normalized spacial score (nSPS) is 12.1. The summed E-state index contributed by atoms with van der Waals surface area (Å²) in [5, 5.41) is 12.4. The first kappa shape index (κ1) is 30.9. The summed E-state index contributed by atoms with van der Waals surface area (Å²) in [5.41, 5.74) is 4.49. The number of ether oxygens (including phenoxy) is 3. The fourth-order valence-corrected chi connectivity index (χ4v) is 4.47. The van der Waals surface area contributed by atoms with Gasteiger partial charge in [-0.1, -0.05) is 24.3 Å². The molecule has 224 valence electrons. The molecule has 0 aliphatic carbocycles. The number of hydroxylamine groups is 1. The van der Waals surface area contributed by atoms with E-state index in [0.29, 0.717) is 34.7 Å². The number of hydrogen-bond acceptors (Lipinski definition) is 7. The number of carbonyl (C=O) groups excluding carboxylic acids is 3. The zero-order valence-corrected chi connectivity index (χ0v) is 24.5. The van der Waals surface area contributed by atoms with Gasteiger partial charge in [0, 0.05) is 34.4 Å². The SMILES string of the molecule is COc1cc(/C=C/C(=O)NO)ccc1OC[C@H](Cc1c[nH]c2ccccc12)C(=O)c1ccc(NC(=O)OC(C)(C)C)cc1. The molecule has 0 aliphatic rings. The van der Waals surface area contributed by atoms with Crippen molar-refractivity contribution in [3.63, 3.8) is 0 Å². The van der Waals surface area contributed by atoms with E-state index in [9.17, 15) is 14.4 Å². The Bertz CT molecular complexity index is 1620. The minimum absolute atomic E-state index is 0.0642. The second-order valence-corrected chi connectivity index (χ2v) is 10.9. The number of aromatic nitrogens is 1. The number of amides is 2. The average molecular weight is 586 g/mol. The maximum absolute atomic E-state index is 13.8. The molecular formula is C33H35N3O7. The summed E-state index contributed by atoms with van der Waals surface area (Å²) in [7, 11) is 1.50. The number of rotatable bonds is 11. The highest BCUT2D eigenvalue weighted by Gasteiger charge is 2.24. The minimum atomic E-state index is -0.661. The number of methoxy groups -OCH3 is 1. The first-order chi connectivity index (χ1) is 20.6. The van der Waals surface area contributed by atoms with Crippen LogP contribution in [0.3, 0.4) is 0 Å². The number of nitrogens with one attached hydrogen (secondary N) is 3. The highest BCUT2D eigenvalue weighted by Crippen LogP contribution is 2.30. The van der Waals surface area contributed by atoms with E-state index >= 15 is 0 Å². The van der Waals surface area contributed by atoms with Crippen molar-refractivity contribution in [3.8, 4) is 11.5 Å².